The largest absolute Gasteiger partial charge is 0.496 e. The van der Waals surface area contributed by atoms with Crippen molar-refractivity contribution in [2.45, 2.75) is 19.5 Å². The molecule has 0 aliphatic rings. The van der Waals surface area contributed by atoms with Crippen molar-refractivity contribution in [3.05, 3.63) is 53.6 Å². The third-order valence-corrected chi connectivity index (χ3v) is 4.75. The molecule has 0 aliphatic carbocycles. The molecule has 0 fully saturated rings. The number of nitrogens with zero attached hydrogens (tertiary/aromatic N) is 3. The summed E-state index contributed by atoms with van der Waals surface area (Å²) in [6.45, 7) is 3.26. The molecule has 3 rings (SSSR count). The van der Waals surface area contributed by atoms with E-state index in [4.69, 9.17) is 4.74 Å². The lowest BCUT2D eigenvalue weighted by Crippen LogP contribution is -3.07. The Bertz CT molecular complexity index is 935. The maximum absolute atomic E-state index is 12.7. The van der Waals surface area contributed by atoms with E-state index in [2.05, 4.69) is 29.7 Å². The van der Waals surface area contributed by atoms with Crippen LogP contribution in [0.2, 0.25) is 0 Å². The Balaban J connectivity index is 1.76. The number of carbonyl (C=O) groups excluding carboxylic acids is 1. The van der Waals surface area contributed by atoms with E-state index in [1.807, 2.05) is 48.0 Å². The molecule has 1 amide bonds. The molecule has 0 saturated carbocycles. The van der Waals surface area contributed by atoms with E-state index in [0.717, 1.165) is 28.9 Å². The van der Waals surface area contributed by atoms with E-state index < -0.39 is 0 Å². The Morgan fingerprint density at radius 1 is 1.26 bits per heavy atom. The molecule has 0 saturated heterocycles. The van der Waals surface area contributed by atoms with Gasteiger partial charge in [-0.05, 0) is 37.3 Å². The lowest BCUT2D eigenvalue weighted by atomic mass is 10.0. The predicted molar refractivity (Wildman–Crippen MR) is 104 cm³/mol. The van der Waals surface area contributed by atoms with Gasteiger partial charge in [-0.15, -0.1) is 5.10 Å². The summed E-state index contributed by atoms with van der Waals surface area (Å²) >= 11 is 0. The number of rotatable bonds is 7. The minimum atomic E-state index is -0.121. The van der Waals surface area contributed by atoms with Crippen LogP contribution in [-0.2, 0) is 6.54 Å². The standard InChI is InChI=1S/C20H25N5O2/c1-5-25-17-11-10-14(12-16(17)22-23-25)20(26)21-13-18(24(2)3)15-8-6-7-9-19(15)27-4/h6-12,18H,5,13H2,1-4H3,(H,21,26)/p+1/t18-/m0/s1. The fraction of sp³-hybridized carbons (Fsp3) is 0.350. The summed E-state index contributed by atoms with van der Waals surface area (Å²) in [5.41, 5.74) is 3.31. The van der Waals surface area contributed by atoms with Crippen LogP contribution in [0.1, 0.15) is 28.9 Å². The molecule has 27 heavy (non-hydrogen) atoms. The highest BCUT2D eigenvalue weighted by atomic mass is 16.5. The minimum Gasteiger partial charge on any atom is -0.496 e. The average molecular weight is 368 g/mol. The molecular formula is C20H26N5O2+. The molecule has 2 N–H and O–H groups in total. The van der Waals surface area contributed by atoms with Crippen molar-refractivity contribution in [2.24, 2.45) is 0 Å². The molecule has 3 aromatic rings. The molecule has 0 aliphatic heterocycles. The van der Waals surface area contributed by atoms with Gasteiger partial charge in [0.25, 0.3) is 5.91 Å². The fourth-order valence-corrected chi connectivity index (χ4v) is 3.22. The van der Waals surface area contributed by atoms with Crippen LogP contribution < -0.4 is 15.0 Å². The van der Waals surface area contributed by atoms with E-state index >= 15 is 0 Å². The molecule has 1 heterocycles. The second-order valence-corrected chi connectivity index (χ2v) is 6.69. The number of benzene rings is 2. The molecule has 0 spiro atoms. The fourth-order valence-electron chi connectivity index (χ4n) is 3.22. The predicted octanol–water partition coefficient (Wildman–Crippen LogP) is 1.08. The van der Waals surface area contributed by atoms with E-state index in [1.165, 1.54) is 4.90 Å². The molecule has 7 heteroatoms. The first-order chi connectivity index (χ1) is 13.0. The number of quaternary nitrogens is 1. The van der Waals surface area contributed by atoms with Gasteiger partial charge in [-0.3, -0.25) is 4.79 Å². The number of methoxy groups -OCH3 is 1. The van der Waals surface area contributed by atoms with E-state index in [-0.39, 0.29) is 11.9 Å². The average Bonchev–Trinajstić information content (AvgIpc) is 3.10. The van der Waals surface area contributed by atoms with Gasteiger partial charge < -0.3 is 15.0 Å². The van der Waals surface area contributed by atoms with Crippen molar-refractivity contribution in [3.8, 4) is 5.75 Å². The third-order valence-electron chi connectivity index (χ3n) is 4.75. The highest BCUT2D eigenvalue weighted by molar-refractivity contribution is 5.97. The van der Waals surface area contributed by atoms with Crippen LogP contribution in [-0.4, -0.2) is 48.7 Å². The summed E-state index contributed by atoms with van der Waals surface area (Å²) in [6.07, 6.45) is 0. The minimum absolute atomic E-state index is 0.0785. The van der Waals surface area contributed by atoms with Crippen molar-refractivity contribution < 1.29 is 14.4 Å². The Hall–Kier alpha value is -2.93. The molecule has 1 atom stereocenters. The van der Waals surface area contributed by atoms with Crippen LogP contribution in [0.5, 0.6) is 5.75 Å². The third kappa shape index (κ3) is 3.93. The Morgan fingerprint density at radius 3 is 2.74 bits per heavy atom. The molecule has 0 bridgehead atoms. The van der Waals surface area contributed by atoms with Gasteiger partial charge in [-0.25, -0.2) is 4.68 Å². The zero-order valence-electron chi connectivity index (χ0n) is 16.2. The van der Waals surface area contributed by atoms with Crippen molar-refractivity contribution >= 4 is 16.9 Å². The Morgan fingerprint density at radius 2 is 2.04 bits per heavy atom. The molecule has 142 valence electrons. The molecular weight excluding hydrogens is 342 g/mol. The summed E-state index contributed by atoms with van der Waals surface area (Å²) in [6, 6.07) is 13.5. The molecule has 2 aromatic carbocycles. The number of nitrogens with one attached hydrogen (secondary N) is 2. The number of ether oxygens (including phenoxy) is 1. The smallest absolute Gasteiger partial charge is 0.251 e. The van der Waals surface area contributed by atoms with Crippen LogP contribution in [0.3, 0.4) is 0 Å². The van der Waals surface area contributed by atoms with Crippen molar-refractivity contribution in [3.63, 3.8) is 0 Å². The summed E-state index contributed by atoms with van der Waals surface area (Å²) in [5.74, 6) is 0.708. The maximum Gasteiger partial charge on any atom is 0.251 e. The van der Waals surface area contributed by atoms with E-state index in [1.54, 1.807) is 13.2 Å². The Kier molecular flexibility index (Phi) is 5.71. The van der Waals surface area contributed by atoms with Crippen molar-refractivity contribution in [1.29, 1.82) is 0 Å². The summed E-state index contributed by atoms with van der Waals surface area (Å²) in [4.78, 5) is 13.9. The van der Waals surface area contributed by atoms with Gasteiger partial charge in [0, 0.05) is 12.1 Å². The van der Waals surface area contributed by atoms with Crippen LogP contribution in [0, 0.1) is 0 Å². The SMILES string of the molecule is CCn1nnc2cc(C(=O)NC[C@@H](c3ccccc3OC)[NH+](C)C)ccc21. The van der Waals surface area contributed by atoms with Crippen molar-refractivity contribution in [2.75, 3.05) is 27.7 Å². The molecule has 1 aromatic heterocycles. The van der Waals surface area contributed by atoms with E-state index in [0.29, 0.717) is 12.1 Å². The molecule has 0 unspecified atom stereocenters. The van der Waals surface area contributed by atoms with Gasteiger partial charge >= 0.3 is 0 Å². The van der Waals surface area contributed by atoms with Crippen molar-refractivity contribution in [1.82, 2.24) is 20.3 Å². The number of fused-ring (bicyclic) bond motifs is 1. The number of aromatic nitrogens is 3. The second-order valence-electron chi connectivity index (χ2n) is 6.69. The summed E-state index contributed by atoms with van der Waals surface area (Å²) in [5, 5.41) is 11.3. The van der Waals surface area contributed by atoms with Gasteiger partial charge in [0.15, 0.2) is 0 Å². The van der Waals surface area contributed by atoms with E-state index in [9.17, 15) is 4.79 Å². The van der Waals surface area contributed by atoms with Crippen LogP contribution in [0.25, 0.3) is 11.0 Å². The van der Waals surface area contributed by atoms with Gasteiger partial charge in [-0.2, -0.15) is 0 Å². The van der Waals surface area contributed by atoms with Gasteiger partial charge in [0.2, 0.25) is 0 Å². The Labute approximate surface area is 158 Å². The number of likely N-dealkylation sites (N-methyl/N-ethyl adjacent to an activating group) is 1. The molecule has 7 nitrogen and oxygen atoms in total. The normalized spacial score (nSPS) is 12.3. The topological polar surface area (TPSA) is 73.5 Å². The summed E-state index contributed by atoms with van der Waals surface area (Å²) < 4.78 is 7.30. The first kappa shape index (κ1) is 18.8. The molecule has 0 radical (unpaired) electrons. The van der Waals surface area contributed by atoms with Crippen LogP contribution in [0.4, 0.5) is 0 Å². The quantitative estimate of drug-likeness (QED) is 0.654. The zero-order chi connectivity index (χ0) is 19.4. The highest BCUT2D eigenvalue weighted by Gasteiger charge is 2.22. The lowest BCUT2D eigenvalue weighted by molar-refractivity contribution is -0.890. The monoisotopic (exact) mass is 368 g/mol. The second kappa shape index (κ2) is 8.18. The number of para-hydroxylation sites is 1. The van der Waals surface area contributed by atoms with Crippen LogP contribution in [0.15, 0.2) is 42.5 Å². The maximum atomic E-state index is 12.7. The zero-order valence-corrected chi connectivity index (χ0v) is 16.2. The highest BCUT2D eigenvalue weighted by Crippen LogP contribution is 2.22. The number of amides is 1. The van der Waals surface area contributed by atoms with Crippen LogP contribution >= 0.6 is 0 Å². The first-order valence-corrected chi connectivity index (χ1v) is 9.09. The van der Waals surface area contributed by atoms with Gasteiger partial charge in [-0.1, -0.05) is 17.3 Å². The number of hydrogen-bond acceptors (Lipinski definition) is 4. The number of aryl methyl sites for hydroxylation is 1. The number of hydrogen-bond donors (Lipinski definition) is 2. The van der Waals surface area contributed by atoms with Gasteiger partial charge in [0.1, 0.15) is 17.3 Å². The lowest BCUT2D eigenvalue weighted by Gasteiger charge is -2.23. The first-order valence-electron chi connectivity index (χ1n) is 9.09. The number of carbonyl (C=O) groups is 1. The summed E-state index contributed by atoms with van der Waals surface area (Å²) in [7, 11) is 5.80. The van der Waals surface area contributed by atoms with Gasteiger partial charge in [0.05, 0.1) is 38.8 Å².